The lowest BCUT2D eigenvalue weighted by Crippen LogP contribution is -2.50. The van der Waals surface area contributed by atoms with Gasteiger partial charge in [0.25, 0.3) is 0 Å². The minimum absolute atomic E-state index is 0.107. The van der Waals surface area contributed by atoms with E-state index in [1.165, 1.54) is 23.1 Å². The number of carbonyl (C=O) groups is 2. The van der Waals surface area contributed by atoms with Gasteiger partial charge in [0, 0.05) is 39.2 Å². The topological polar surface area (TPSA) is 104 Å². The molecule has 2 aromatic rings. The maximum Gasteiger partial charge on any atom is 0.429 e. The quantitative estimate of drug-likeness (QED) is 0.501. The van der Waals surface area contributed by atoms with Crippen LogP contribution in [0.4, 0.5) is 19.4 Å². The smallest absolute Gasteiger partial charge is 0.429 e. The first-order valence-corrected chi connectivity index (χ1v) is 13.8. The summed E-state index contributed by atoms with van der Waals surface area (Å²) in [6.45, 7) is 8.77. The zero-order chi connectivity index (χ0) is 28.8. The number of fused-ring (bicyclic) bond motifs is 2. The molecule has 14 heteroatoms. The fourth-order valence-corrected chi connectivity index (χ4v) is 5.87. The molecule has 40 heavy (non-hydrogen) atoms. The number of anilines is 1. The van der Waals surface area contributed by atoms with Gasteiger partial charge in [0.2, 0.25) is 5.91 Å². The zero-order valence-corrected chi connectivity index (χ0v) is 23.9. The van der Waals surface area contributed by atoms with Crippen LogP contribution in [0, 0.1) is 5.82 Å². The third-order valence-corrected chi connectivity index (χ3v) is 7.84. The Morgan fingerprint density at radius 2 is 1.93 bits per heavy atom. The maximum absolute atomic E-state index is 15.3. The first-order chi connectivity index (χ1) is 18.9. The second-order valence-corrected chi connectivity index (χ2v) is 11.9. The van der Waals surface area contributed by atoms with Crippen molar-refractivity contribution in [2.45, 2.75) is 64.3 Å². The van der Waals surface area contributed by atoms with Gasteiger partial charge in [0.05, 0.1) is 24.0 Å². The molecule has 0 aromatic carbocycles. The molecule has 3 fully saturated rings. The molecular formula is C26H34ClF2N7O4. The summed E-state index contributed by atoms with van der Waals surface area (Å²) in [5.74, 6) is -0.859. The molecule has 0 bridgehead atoms. The number of aromatic nitrogens is 3. The van der Waals surface area contributed by atoms with Crippen molar-refractivity contribution in [2.24, 2.45) is 0 Å². The fraction of sp³-hybridized carbons (Fsp3) is 0.654. The van der Waals surface area contributed by atoms with E-state index < -0.39 is 29.2 Å². The molecule has 2 amide bonds. The van der Waals surface area contributed by atoms with Gasteiger partial charge >= 0.3 is 12.1 Å². The van der Waals surface area contributed by atoms with Crippen LogP contribution in [0.25, 0.3) is 10.9 Å². The van der Waals surface area contributed by atoms with Crippen molar-refractivity contribution in [1.82, 2.24) is 29.8 Å². The largest absolute Gasteiger partial charge is 0.461 e. The predicted octanol–water partition coefficient (Wildman–Crippen LogP) is 3.59. The molecule has 3 saturated heterocycles. The molecule has 3 aliphatic heterocycles. The van der Waals surface area contributed by atoms with Gasteiger partial charge in [-0.05, 0) is 40.2 Å². The number of rotatable bonds is 4. The van der Waals surface area contributed by atoms with Gasteiger partial charge in [-0.15, -0.1) is 0 Å². The highest BCUT2D eigenvalue weighted by Gasteiger charge is 2.49. The Kier molecular flexibility index (Phi) is 7.64. The monoisotopic (exact) mass is 581 g/mol. The number of hydrazine groups is 1. The summed E-state index contributed by atoms with van der Waals surface area (Å²) < 4.78 is 41.3. The van der Waals surface area contributed by atoms with Crippen LogP contribution in [0.15, 0.2) is 6.20 Å². The van der Waals surface area contributed by atoms with Crippen LogP contribution in [0.5, 0.6) is 6.01 Å². The van der Waals surface area contributed by atoms with Crippen LogP contribution in [0.3, 0.4) is 0 Å². The van der Waals surface area contributed by atoms with E-state index in [0.29, 0.717) is 13.0 Å². The summed E-state index contributed by atoms with van der Waals surface area (Å²) in [6.07, 6.45) is 1.79. The molecule has 0 saturated carbocycles. The molecular weight excluding hydrogens is 548 g/mol. The normalized spacial score (nSPS) is 23.9. The number of ether oxygens (including phenoxy) is 2. The van der Waals surface area contributed by atoms with Crippen LogP contribution in [0.2, 0.25) is 5.15 Å². The lowest BCUT2D eigenvalue weighted by Gasteiger charge is -2.35. The van der Waals surface area contributed by atoms with Crippen molar-refractivity contribution in [3.8, 4) is 6.01 Å². The summed E-state index contributed by atoms with van der Waals surface area (Å²) in [6, 6.07) is -0.135. The van der Waals surface area contributed by atoms with Gasteiger partial charge in [-0.3, -0.25) is 14.7 Å². The average Bonchev–Trinajstić information content (AvgIpc) is 3.29. The highest BCUT2D eigenvalue weighted by Crippen LogP contribution is 2.40. The summed E-state index contributed by atoms with van der Waals surface area (Å²) in [7, 11) is 0. The summed E-state index contributed by atoms with van der Waals surface area (Å²) in [5, 5.41) is 2.71. The van der Waals surface area contributed by atoms with Crippen LogP contribution in [-0.4, -0.2) is 105 Å². The Hall–Kier alpha value is -3.06. The third kappa shape index (κ3) is 5.58. The van der Waals surface area contributed by atoms with Crippen molar-refractivity contribution in [3.05, 3.63) is 17.2 Å². The first kappa shape index (κ1) is 28.5. The lowest BCUT2D eigenvalue weighted by molar-refractivity contribution is -0.128. The molecule has 0 N–H and O–H groups in total. The number of nitrogens with zero attached hydrogens (tertiary/aromatic N) is 7. The highest BCUT2D eigenvalue weighted by atomic mass is 35.5. The van der Waals surface area contributed by atoms with Crippen molar-refractivity contribution in [2.75, 3.05) is 50.9 Å². The van der Waals surface area contributed by atoms with Crippen molar-refractivity contribution < 1.29 is 27.8 Å². The van der Waals surface area contributed by atoms with Gasteiger partial charge in [-0.2, -0.15) is 9.97 Å². The molecule has 0 aliphatic carbocycles. The number of alkyl halides is 1. The van der Waals surface area contributed by atoms with Crippen LogP contribution in [-0.2, 0) is 9.53 Å². The molecule has 3 aliphatic rings. The molecule has 11 nitrogen and oxygen atoms in total. The van der Waals surface area contributed by atoms with Gasteiger partial charge in [0.1, 0.15) is 23.9 Å². The van der Waals surface area contributed by atoms with Crippen molar-refractivity contribution in [1.29, 1.82) is 0 Å². The van der Waals surface area contributed by atoms with E-state index in [9.17, 15) is 14.0 Å². The summed E-state index contributed by atoms with van der Waals surface area (Å²) >= 11 is 6.00. The Morgan fingerprint density at radius 1 is 1.18 bits per heavy atom. The minimum Gasteiger partial charge on any atom is -0.461 e. The van der Waals surface area contributed by atoms with E-state index in [2.05, 4.69) is 19.9 Å². The van der Waals surface area contributed by atoms with E-state index in [1.54, 1.807) is 25.7 Å². The SMILES string of the molecule is CC(=O)N1CCN(C(=O)OC(C)(C)C)N(c2nc(OC[C@@]34CCCN3C[C@H](F)C4)nc3c(F)c(Cl)ncc23)CC1. The number of halogens is 3. The summed E-state index contributed by atoms with van der Waals surface area (Å²) in [4.78, 5) is 42.1. The van der Waals surface area contributed by atoms with E-state index in [4.69, 9.17) is 21.1 Å². The standard InChI is InChI=1S/C26H34ClF2N7O4/c1-16(37)33-8-10-35(36(11-9-33)24(38)40-25(2,3)4)22-18-13-30-21(27)19(29)20(18)31-23(32-22)39-15-26-6-5-7-34(26)14-17(28)12-26/h13,17H,5-12,14-15H2,1-4H3/t17-,26+/m1/s1. The minimum atomic E-state index is -0.942. The second kappa shape index (κ2) is 10.7. The molecule has 0 unspecified atom stereocenters. The van der Waals surface area contributed by atoms with Gasteiger partial charge < -0.3 is 14.4 Å². The van der Waals surface area contributed by atoms with E-state index in [-0.39, 0.29) is 66.6 Å². The Bertz CT molecular complexity index is 1310. The van der Waals surface area contributed by atoms with Crippen molar-refractivity contribution >= 4 is 40.3 Å². The van der Waals surface area contributed by atoms with E-state index >= 15 is 4.39 Å². The lowest BCUT2D eigenvalue weighted by atomic mass is 9.95. The molecule has 0 radical (unpaired) electrons. The van der Waals surface area contributed by atoms with E-state index in [0.717, 1.165) is 19.4 Å². The maximum atomic E-state index is 15.3. The van der Waals surface area contributed by atoms with E-state index in [1.807, 2.05) is 0 Å². The van der Waals surface area contributed by atoms with Gasteiger partial charge in [0.15, 0.2) is 16.8 Å². The van der Waals surface area contributed by atoms with Crippen LogP contribution in [0.1, 0.15) is 47.0 Å². The Morgan fingerprint density at radius 3 is 2.65 bits per heavy atom. The number of hydrogen-bond acceptors (Lipinski definition) is 9. The van der Waals surface area contributed by atoms with Gasteiger partial charge in [-0.1, -0.05) is 11.6 Å². The number of carbonyl (C=O) groups excluding carboxylic acids is 2. The molecule has 5 heterocycles. The number of amides is 2. The fourth-order valence-electron chi connectivity index (χ4n) is 5.73. The predicted molar refractivity (Wildman–Crippen MR) is 143 cm³/mol. The highest BCUT2D eigenvalue weighted by molar-refractivity contribution is 6.30. The summed E-state index contributed by atoms with van der Waals surface area (Å²) in [5.41, 5.74) is -1.40. The van der Waals surface area contributed by atoms with Crippen LogP contribution < -0.4 is 9.75 Å². The molecule has 2 atom stereocenters. The Labute approximate surface area is 236 Å². The average molecular weight is 582 g/mol. The second-order valence-electron chi connectivity index (χ2n) is 11.6. The molecule has 5 rings (SSSR count). The van der Waals surface area contributed by atoms with Gasteiger partial charge in [-0.25, -0.2) is 23.6 Å². The first-order valence-electron chi connectivity index (χ1n) is 13.4. The number of pyridine rings is 1. The zero-order valence-electron chi connectivity index (χ0n) is 23.1. The molecule has 218 valence electrons. The molecule has 0 spiro atoms. The van der Waals surface area contributed by atoms with Crippen molar-refractivity contribution in [3.63, 3.8) is 0 Å². The van der Waals surface area contributed by atoms with Crippen LogP contribution >= 0.6 is 11.6 Å². The number of hydrogen-bond donors (Lipinski definition) is 0. The Balaban J connectivity index is 1.55. The molecule has 2 aromatic heterocycles. The third-order valence-electron chi connectivity index (χ3n) is 7.58.